The van der Waals surface area contributed by atoms with E-state index in [1.807, 2.05) is 6.92 Å². The van der Waals surface area contributed by atoms with Crippen molar-refractivity contribution in [3.8, 4) is 0 Å². The molecule has 3 aliphatic heterocycles. The third-order valence-corrected chi connectivity index (χ3v) is 7.32. The van der Waals surface area contributed by atoms with Crippen molar-refractivity contribution in [2.75, 3.05) is 11.9 Å². The smallest absolute Gasteiger partial charge is 0.353 e. The van der Waals surface area contributed by atoms with Crippen LogP contribution in [0.4, 0.5) is 5.69 Å². The molecule has 3 heterocycles. The number of hydrogen-bond donors (Lipinski definition) is 4. The Kier molecular flexibility index (Phi) is 5.76. The van der Waals surface area contributed by atoms with Crippen molar-refractivity contribution < 1.29 is 29.4 Å². The van der Waals surface area contributed by atoms with Gasteiger partial charge in [0.25, 0.3) is 0 Å². The predicted octanol–water partition coefficient (Wildman–Crippen LogP) is 1.72. The van der Waals surface area contributed by atoms with Crippen LogP contribution in [0.5, 0.6) is 0 Å². The van der Waals surface area contributed by atoms with Crippen LogP contribution >= 0.6 is 11.8 Å². The van der Waals surface area contributed by atoms with Crippen LogP contribution in [0, 0.1) is 5.92 Å². The summed E-state index contributed by atoms with van der Waals surface area (Å²) in [6, 6.07) is 5.50. The minimum Gasteiger partial charge on any atom is -0.478 e. The number of thioether (sulfide) groups is 1. The first-order valence-corrected chi connectivity index (χ1v) is 11.0. The molecular weight excluding hydrogens is 422 g/mol. The van der Waals surface area contributed by atoms with Crippen molar-refractivity contribution in [1.29, 1.82) is 0 Å². The van der Waals surface area contributed by atoms with Crippen molar-refractivity contribution in [2.45, 2.75) is 43.5 Å². The van der Waals surface area contributed by atoms with Crippen molar-refractivity contribution in [3.05, 3.63) is 40.4 Å². The van der Waals surface area contributed by atoms with Crippen LogP contribution in [-0.2, 0) is 14.4 Å². The monoisotopic (exact) mass is 445 g/mol. The molecule has 4 rings (SSSR count). The zero-order chi connectivity index (χ0) is 22.3. The number of nitrogens with one attached hydrogen (secondary N) is 2. The van der Waals surface area contributed by atoms with E-state index in [4.69, 9.17) is 5.11 Å². The van der Waals surface area contributed by atoms with E-state index in [-0.39, 0.29) is 40.3 Å². The molecule has 2 amide bonds. The second-order valence-electron chi connectivity index (χ2n) is 7.88. The van der Waals surface area contributed by atoms with Gasteiger partial charge in [0.2, 0.25) is 11.8 Å². The highest BCUT2D eigenvalue weighted by molar-refractivity contribution is 8.03. The number of benzene rings is 1. The summed E-state index contributed by atoms with van der Waals surface area (Å²) >= 11 is 1.43. The fourth-order valence-corrected chi connectivity index (χ4v) is 5.90. The van der Waals surface area contributed by atoms with Crippen LogP contribution < -0.4 is 10.6 Å². The maximum Gasteiger partial charge on any atom is 0.353 e. The summed E-state index contributed by atoms with van der Waals surface area (Å²) in [5.74, 6) is -2.67. The highest BCUT2D eigenvalue weighted by Crippen LogP contribution is 2.48. The predicted molar refractivity (Wildman–Crippen MR) is 114 cm³/mol. The minimum absolute atomic E-state index is 0.000618. The maximum atomic E-state index is 12.6. The van der Waals surface area contributed by atoms with Gasteiger partial charge >= 0.3 is 11.9 Å². The molecule has 0 radical (unpaired) electrons. The Morgan fingerprint density at radius 1 is 1.26 bits per heavy atom. The van der Waals surface area contributed by atoms with E-state index in [0.717, 1.165) is 0 Å². The van der Waals surface area contributed by atoms with E-state index >= 15 is 0 Å². The second kappa shape index (κ2) is 8.35. The molecule has 2 saturated heterocycles. The highest BCUT2D eigenvalue weighted by Gasteiger charge is 2.54. The van der Waals surface area contributed by atoms with Gasteiger partial charge in [0.1, 0.15) is 5.70 Å². The fraction of sp³-hybridized carbons (Fsp3) is 0.429. The van der Waals surface area contributed by atoms with Crippen LogP contribution in [-0.4, -0.2) is 62.7 Å². The number of β-lactam (4-membered cyclic amide) rings is 1. The largest absolute Gasteiger partial charge is 0.478 e. The quantitative estimate of drug-likeness (QED) is 0.466. The normalized spacial score (nSPS) is 27.1. The third-order valence-electron chi connectivity index (χ3n) is 5.99. The van der Waals surface area contributed by atoms with Crippen molar-refractivity contribution in [2.24, 2.45) is 5.92 Å². The van der Waals surface area contributed by atoms with Crippen LogP contribution in [0.2, 0.25) is 0 Å². The molecule has 3 unspecified atom stereocenters. The number of carboxylic acid groups (broad SMARTS) is 2. The van der Waals surface area contributed by atoms with Gasteiger partial charge in [-0.05, 0) is 31.0 Å². The summed E-state index contributed by atoms with van der Waals surface area (Å²) in [6.45, 7) is 2.46. The zero-order valence-corrected chi connectivity index (χ0v) is 17.6. The van der Waals surface area contributed by atoms with Crippen molar-refractivity contribution in [3.63, 3.8) is 0 Å². The summed E-state index contributed by atoms with van der Waals surface area (Å²) in [6.07, 6.45) is 1.74. The van der Waals surface area contributed by atoms with E-state index in [9.17, 15) is 24.3 Å². The molecule has 0 saturated carbocycles. The summed E-state index contributed by atoms with van der Waals surface area (Å²) in [4.78, 5) is 49.9. The lowest BCUT2D eigenvalue weighted by Crippen LogP contribution is -2.58. The third kappa shape index (κ3) is 3.92. The number of aliphatic carboxylic acids is 1. The molecule has 0 bridgehead atoms. The lowest BCUT2D eigenvalue weighted by Gasteiger charge is -2.42. The molecule has 164 valence electrons. The minimum atomic E-state index is -1.09. The molecule has 4 N–H and O–H groups in total. The van der Waals surface area contributed by atoms with Crippen LogP contribution in [0.25, 0.3) is 0 Å². The number of carbonyl (C=O) groups excluding carboxylic acids is 2. The van der Waals surface area contributed by atoms with E-state index in [0.29, 0.717) is 36.4 Å². The van der Waals surface area contributed by atoms with Gasteiger partial charge in [0, 0.05) is 28.8 Å². The standard InChI is InChI=1S/C21H23N3O6S/c1-2-13-15-8-16(17(21(29)30)24(15)19(13)26)31-12-7-14(22-9-12)18(25)23-11-5-3-4-10(6-11)20(27)28/h3-6,12-15,22H,2,7-9H2,1H3,(H,23,25)(H,27,28)(H,29,30)/t12-,13?,14?,15?/m0/s1. The number of aromatic carboxylic acids is 1. The molecule has 31 heavy (non-hydrogen) atoms. The van der Waals surface area contributed by atoms with E-state index in [1.165, 1.54) is 28.8 Å². The first-order valence-electron chi connectivity index (χ1n) is 10.1. The van der Waals surface area contributed by atoms with Crippen LogP contribution in [0.15, 0.2) is 34.9 Å². The van der Waals surface area contributed by atoms with Gasteiger partial charge in [-0.25, -0.2) is 9.59 Å². The second-order valence-corrected chi connectivity index (χ2v) is 9.28. The average molecular weight is 445 g/mol. The molecule has 9 nitrogen and oxygen atoms in total. The summed E-state index contributed by atoms with van der Waals surface area (Å²) in [5.41, 5.74) is 0.579. The van der Waals surface area contributed by atoms with Gasteiger partial charge in [-0.2, -0.15) is 0 Å². The first kappa shape index (κ1) is 21.4. The van der Waals surface area contributed by atoms with Gasteiger partial charge in [-0.1, -0.05) is 13.0 Å². The molecule has 10 heteroatoms. The topological polar surface area (TPSA) is 136 Å². The summed E-state index contributed by atoms with van der Waals surface area (Å²) < 4.78 is 0. The molecule has 0 spiro atoms. The highest BCUT2D eigenvalue weighted by atomic mass is 32.2. The number of fused-ring (bicyclic) bond motifs is 1. The lowest BCUT2D eigenvalue weighted by atomic mass is 9.85. The number of rotatable bonds is 7. The van der Waals surface area contributed by atoms with Crippen molar-refractivity contribution >= 4 is 41.2 Å². The molecule has 4 atom stereocenters. The number of carbonyl (C=O) groups is 4. The Morgan fingerprint density at radius 2 is 2.03 bits per heavy atom. The van der Waals surface area contributed by atoms with E-state index in [1.54, 1.807) is 12.1 Å². The molecule has 0 aromatic heterocycles. The van der Waals surface area contributed by atoms with E-state index < -0.39 is 18.0 Å². The van der Waals surface area contributed by atoms with Crippen LogP contribution in [0.1, 0.15) is 36.5 Å². The van der Waals surface area contributed by atoms with Gasteiger partial charge in [0.05, 0.1) is 23.6 Å². The van der Waals surface area contributed by atoms with E-state index in [2.05, 4.69) is 10.6 Å². The Morgan fingerprint density at radius 3 is 2.71 bits per heavy atom. The number of hydrogen-bond acceptors (Lipinski definition) is 6. The Hall–Kier alpha value is -2.85. The van der Waals surface area contributed by atoms with Crippen LogP contribution in [0.3, 0.4) is 0 Å². The zero-order valence-electron chi connectivity index (χ0n) is 16.8. The number of amides is 2. The fourth-order valence-electron chi connectivity index (χ4n) is 4.46. The van der Waals surface area contributed by atoms with Gasteiger partial charge in [-0.3, -0.25) is 9.59 Å². The molecule has 2 fully saturated rings. The molecule has 3 aliphatic rings. The summed E-state index contributed by atoms with van der Waals surface area (Å²) in [7, 11) is 0. The Labute approximate surface area is 182 Å². The Balaban J connectivity index is 1.39. The lowest BCUT2D eigenvalue weighted by molar-refractivity contribution is -0.155. The summed E-state index contributed by atoms with van der Waals surface area (Å²) in [5, 5.41) is 24.6. The molecular formula is C21H23N3O6S. The van der Waals surface area contributed by atoms with Gasteiger partial charge in [-0.15, -0.1) is 11.8 Å². The first-order chi connectivity index (χ1) is 14.8. The molecule has 0 aliphatic carbocycles. The SMILES string of the molecule is CCC1C(=O)N2C(C(=O)O)=C(S[C@@H]3CNC(C(=O)Nc4cccc(C(=O)O)c4)C3)CC12. The van der Waals surface area contributed by atoms with Gasteiger partial charge < -0.3 is 25.7 Å². The molecule has 1 aromatic carbocycles. The number of carboxylic acids is 2. The molecule has 1 aromatic rings. The number of nitrogens with zero attached hydrogens (tertiary/aromatic N) is 1. The van der Waals surface area contributed by atoms with Gasteiger partial charge in [0.15, 0.2) is 0 Å². The average Bonchev–Trinajstić information content (AvgIpc) is 3.32. The maximum absolute atomic E-state index is 12.6. The Bertz CT molecular complexity index is 993. The number of anilines is 1. The van der Waals surface area contributed by atoms with Crippen molar-refractivity contribution in [1.82, 2.24) is 10.2 Å².